The van der Waals surface area contributed by atoms with E-state index in [0.717, 1.165) is 25.7 Å². The van der Waals surface area contributed by atoms with Gasteiger partial charge in [-0.25, -0.2) is 0 Å². The smallest absolute Gasteiger partial charge is 0.305 e. The number of aliphatic hydroxyl groups is 1. The first-order chi connectivity index (χ1) is 14.2. The van der Waals surface area contributed by atoms with Gasteiger partial charge in [-0.05, 0) is 19.9 Å². The van der Waals surface area contributed by atoms with Crippen LogP contribution in [0, 0.1) is 0 Å². The summed E-state index contributed by atoms with van der Waals surface area (Å²) in [4.78, 5) is 11.8. The molecule has 0 spiro atoms. The highest BCUT2D eigenvalue weighted by atomic mass is 35.5. The van der Waals surface area contributed by atoms with Crippen molar-refractivity contribution in [2.24, 2.45) is 0 Å². The number of halogens is 1. The lowest BCUT2D eigenvalue weighted by molar-refractivity contribution is -0.144. The third-order valence-corrected chi connectivity index (χ3v) is 5.87. The van der Waals surface area contributed by atoms with Gasteiger partial charge in [0, 0.05) is 18.9 Å². The molecule has 0 aliphatic rings. The molecule has 182 valence electrons. The lowest BCUT2D eigenvalue weighted by atomic mass is 10.0. The second kappa shape index (κ2) is 24.9. The molecule has 0 fully saturated rings. The van der Waals surface area contributed by atoms with Crippen LogP contribution < -0.4 is 5.32 Å². The molecular formula is C25H52ClNO3. The highest BCUT2D eigenvalue weighted by molar-refractivity contribution is 5.85. The quantitative estimate of drug-likeness (QED) is 0.138. The molecule has 2 unspecified atom stereocenters. The molecule has 0 saturated carbocycles. The molecule has 5 heteroatoms. The van der Waals surface area contributed by atoms with E-state index in [1.807, 2.05) is 7.05 Å². The van der Waals surface area contributed by atoms with Crippen LogP contribution in [0.2, 0.25) is 0 Å². The third kappa shape index (κ3) is 20.9. The molecule has 0 radical (unpaired) electrons. The number of carbonyl (C=O) groups is 1. The van der Waals surface area contributed by atoms with Crippen LogP contribution in [0.25, 0.3) is 0 Å². The predicted octanol–water partition coefficient (Wildman–Crippen LogP) is 6.96. The summed E-state index contributed by atoms with van der Waals surface area (Å²) in [5.74, 6) is -0.114. The summed E-state index contributed by atoms with van der Waals surface area (Å²) in [6, 6.07) is 0.0946. The molecular weight excluding hydrogens is 398 g/mol. The van der Waals surface area contributed by atoms with Crippen LogP contribution in [0.5, 0.6) is 0 Å². The van der Waals surface area contributed by atoms with Crippen LogP contribution in [0.3, 0.4) is 0 Å². The molecule has 30 heavy (non-hydrogen) atoms. The van der Waals surface area contributed by atoms with Crippen LogP contribution >= 0.6 is 12.4 Å². The van der Waals surface area contributed by atoms with Gasteiger partial charge in [-0.15, -0.1) is 12.4 Å². The van der Waals surface area contributed by atoms with Crippen LogP contribution in [0.1, 0.15) is 129 Å². The van der Waals surface area contributed by atoms with E-state index in [2.05, 4.69) is 19.2 Å². The number of hydrogen-bond donors (Lipinski definition) is 2. The molecule has 2 atom stereocenters. The van der Waals surface area contributed by atoms with Crippen molar-refractivity contribution in [3.63, 3.8) is 0 Å². The molecule has 2 N–H and O–H groups in total. The summed E-state index contributed by atoms with van der Waals surface area (Å²) < 4.78 is 5.32. The molecule has 0 rings (SSSR count). The lowest BCUT2D eigenvalue weighted by Gasteiger charge is -2.22. The van der Waals surface area contributed by atoms with E-state index in [4.69, 9.17) is 4.74 Å². The molecule has 0 heterocycles. The lowest BCUT2D eigenvalue weighted by Crippen LogP contribution is -2.38. The van der Waals surface area contributed by atoms with Gasteiger partial charge in [-0.3, -0.25) is 4.79 Å². The molecule has 0 saturated heterocycles. The zero-order valence-corrected chi connectivity index (χ0v) is 21.1. The molecule has 0 amide bonds. The maximum atomic E-state index is 11.8. The first-order valence-corrected chi connectivity index (χ1v) is 12.7. The van der Waals surface area contributed by atoms with E-state index in [1.54, 1.807) is 0 Å². The Morgan fingerprint density at radius 3 is 1.73 bits per heavy atom. The van der Waals surface area contributed by atoms with Crippen molar-refractivity contribution < 1.29 is 14.6 Å². The number of carbonyl (C=O) groups excluding carboxylic acids is 1. The average molecular weight is 450 g/mol. The summed E-state index contributed by atoms with van der Waals surface area (Å²) in [5.41, 5.74) is 0. The van der Waals surface area contributed by atoms with Gasteiger partial charge in [0.25, 0.3) is 0 Å². The standard InChI is InChI=1S/C25H51NO3.ClH/c1-4-6-8-10-12-13-14-16-18-20-25(28)29-22-21-24(27)23(26-3)19-17-15-11-9-7-5-2;/h23-24,26-27H,4-22H2,1-3H3;1H. The summed E-state index contributed by atoms with van der Waals surface area (Å²) in [7, 11) is 1.90. The molecule has 0 aromatic rings. The van der Waals surface area contributed by atoms with Crippen LogP contribution in [0.15, 0.2) is 0 Å². The van der Waals surface area contributed by atoms with Gasteiger partial charge in [0.1, 0.15) is 0 Å². The minimum atomic E-state index is -0.448. The van der Waals surface area contributed by atoms with Crippen molar-refractivity contribution >= 4 is 18.4 Å². The molecule has 0 bridgehead atoms. The summed E-state index contributed by atoms with van der Waals surface area (Å²) in [5, 5.41) is 13.6. The second-order valence-electron chi connectivity index (χ2n) is 8.61. The first kappa shape index (κ1) is 31.9. The van der Waals surface area contributed by atoms with E-state index in [9.17, 15) is 9.90 Å². The van der Waals surface area contributed by atoms with Gasteiger partial charge in [0.15, 0.2) is 0 Å². The molecule has 0 aromatic heterocycles. The highest BCUT2D eigenvalue weighted by Gasteiger charge is 2.17. The van der Waals surface area contributed by atoms with Gasteiger partial charge in [0.05, 0.1) is 12.7 Å². The van der Waals surface area contributed by atoms with Crippen molar-refractivity contribution in [1.82, 2.24) is 5.32 Å². The fraction of sp³-hybridized carbons (Fsp3) is 0.960. The number of rotatable bonds is 22. The maximum Gasteiger partial charge on any atom is 0.305 e. The van der Waals surface area contributed by atoms with Crippen molar-refractivity contribution in [1.29, 1.82) is 0 Å². The van der Waals surface area contributed by atoms with Crippen LogP contribution in [-0.2, 0) is 9.53 Å². The van der Waals surface area contributed by atoms with E-state index >= 15 is 0 Å². The topological polar surface area (TPSA) is 58.6 Å². The average Bonchev–Trinajstić information content (AvgIpc) is 2.72. The van der Waals surface area contributed by atoms with Crippen molar-refractivity contribution in [3.05, 3.63) is 0 Å². The third-order valence-electron chi connectivity index (χ3n) is 5.87. The zero-order valence-electron chi connectivity index (χ0n) is 20.3. The fourth-order valence-electron chi connectivity index (χ4n) is 3.82. The SMILES string of the molecule is CCCCCCCCCCCC(=O)OCCC(O)C(CCCCCCCC)NC.Cl. The molecule has 0 aliphatic carbocycles. The van der Waals surface area contributed by atoms with Crippen molar-refractivity contribution in [2.75, 3.05) is 13.7 Å². The Labute approximate surface area is 193 Å². The molecule has 0 aromatic carbocycles. The predicted molar refractivity (Wildman–Crippen MR) is 132 cm³/mol. The number of hydrogen-bond acceptors (Lipinski definition) is 4. The second-order valence-corrected chi connectivity index (χ2v) is 8.61. The minimum absolute atomic E-state index is 0. The number of aliphatic hydroxyl groups excluding tert-OH is 1. The van der Waals surface area contributed by atoms with Gasteiger partial charge >= 0.3 is 5.97 Å². The Bertz CT molecular complexity index is 355. The Morgan fingerprint density at radius 2 is 1.23 bits per heavy atom. The maximum absolute atomic E-state index is 11.8. The minimum Gasteiger partial charge on any atom is -0.466 e. The number of unbranched alkanes of at least 4 members (excludes halogenated alkanes) is 13. The number of likely N-dealkylation sites (N-methyl/N-ethyl adjacent to an activating group) is 1. The molecule has 4 nitrogen and oxygen atoms in total. The van der Waals surface area contributed by atoms with E-state index in [0.29, 0.717) is 19.4 Å². The fourth-order valence-corrected chi connectivity index (χ4v) is 3.82. The monoisotopic (exact) mass is 449 g/mol. The Kier molecular flexibility index (Phi) is 26.5. The van der Waals surface area contributed by atoms with Crippen molar-refractivity contribution in [2.45, 2.75) is 142 Å². The Morgan fingerprint density at radius 1 is 0.767 bits per heavy atom. The Hall–Kier alpha value is -0.320. The normalized spacial score (nSPS) is 12.9. The van der Waals surface area contributed by atoms with E-state index in [1.165, 1.54) is 77.0 Å². The highest BCUT2D eigenvalue weighted by Crippen LogP contribution is 2.13. The van der Waals surface area contributed by atoms with E-state index < -0.39 is 6.10 Å². The summed E-state index contributed by atoms with van der Waals surface area (Å²) in [6.45, 7) is 4.80. The zero-order chi connectivity index (χ0) is 21.6. The largest absolute Gasteiger partial charge is 0.466 e. The summed E-state index contributed by atoms with van der Waals surface area (Å²) in [6.07, 6.45) is 20.4. The van der Waals surface area contributed by atoms with Gasteiger partial charge in [-0.2, -0.15) is 0 Å². The van der Waals surface area contributed by atoms with Crippen LogP contribution in [0.4, 0.5) is 0 Å². The van der Waals surface area contributed by atoms with Gasteiger partial charge in [-0.1, -0.05) is 104 Å². The number of nitrogens with one attached hydrogen (secondary N) is 1. The number of esters is 1. The Balaban J connectivity index is 0. The molecule has 0 aliphatic heterocycles. The first-order valence-electron chi connectivity index (χ1n) is 12.7. The van der Waals surface area contributed by atoms with Gasteiger partial charge < -0.3 is 15.2 Å². The van der Waals surface area contributed by atoms with E-state index in [-0.39, 0.29) is 24.4 Å². The van der Waals surface area contributed by atoms with Gasteiger partial charge in [0.2, 0.25) is 0 Å². The number of ether oxygens (including phenoxy) is 1. The van der Waals surface area contributed by atoms with Crippen LogP contribution in [-0.4, -0.2) is 36.9 Å². The summed E-state index contributed by atoms with van der Waals surface area (Å²) >= 11 is 0. The van der Waals surface area contributed by atoms with Crippen molar-refractivity contribution in [3.8, 4) is 0 Å².